The Labute approximate surface area is 79.1 Å². The summed E-state index contributed by atoms with van der Waals surface area (Å²) < 4.78 is 0. The Hall–Kier alpha value is -1.18. The fraction of sp³-hybridized carbons (Fsp3) is 0.455. The minimum atomic E-state index is 0.278. The van der Waals surface area contributed by atoms with Crippen LogP contribution in [-0.2, 0) is 4.79 Å². The SMILES string of the molecule is CC1C=CC=C(CCCC=O)C=N1. The molecule has 0 N–H and O–H groups in total. The van der Waals surface area contributed by atoms with Crippen molar-refractivity contribution in [2.24, 2.45) is 4.99 Å². The molecule has 0 aromatic rings. The standard InChI is InChI=1S/C11H15NO/c1-10-5-4-7-11(9-12-10)6-2-3-8-13/h4-5,7-10H,2-3,6H2,1H3. The van der Waals surface area contributed by atoms with E-state index in [9.17, 15) is 4.79 Å². The van der Waals surface area contributed by atoms with Crippen molar-refractivity contribution in [1.29, 1.82) is 0 Å². The van der Waals surface area contributed by atoms with E-state index in [2.05, 4.69) is 24.1 Å². The molecule has 0 saturated heterocycles. The molecule has 2 heteroatoms. The molecule has 0 fully saturated rings. The van der Waals surface area contributed by atoms with Crippen LogP contribution in [0, 0.1) is 0 Å². The number of hydrogen-bond acceptors (Lipinski definition) is 2. The monoisotopic (exact) mass is 177 g/mol. The summed E-state index contributed by atoms with van der Waals surface area (Å²) in [5.41, 5.74) is 1.21. The molecular formula is C11H15NO. The second-order valence-corrected chi connectivity index (χ2v) is 3.20. The predicted octanol–water partition coefficient (Wildman–Crippen LogP) is 2.31. The molecule has 0 radical (unpaired) electrons. The van der Waals surface area contributed by atoms with Crippen LogP contribution < -0.4 is 0 Å². The van der Waals surface area contributed by atoms with Crippen LogP contribution in [0.2, 0.25) is 0 Å². The number of carbonyl (C=O) groups is 1. The fourth-order valence-electron chi connectivity index (χ4n) is 1.18. The number of unbranched alkanes of at least 4 members (excludes halogenated alkanes) is 1. The quantitative estimate of drug-likeness (QED) is 0.478. The summed E-state index contributed by atoms with van der Waals surface area (Å²) in [6.45, 7) is 2.05. The van der Waals surface area contributed by atoms with Gasteiger partial charge in [0, 0.05) is 12.6 Å². The molecule has 0 saturated carbocycles. The molecule has 2 nitrogen and oxygen atoms in total. The van der Waals surface area contributed by atoms with E-state index in [-0.39, 0.29) is 6.04 Å². The van der Waals surface area contributed by atoms with Gasteiger partial charge in [-0.15, -0.1) is 0 Å². The van der Waals surface area contributed by atoms with Gasteiger partial charge in [-0.1, -0.05) is 18.2 Å². The Morgan fingerprint density at radius 1 is 1.62 bits per heavy atom. The van der Waals surface area contributed by atoms with Gasteiger partial charge in [0.2, 0.25) is 0 Å². The predicted molar refractivity (Wildman–Crippen MR) is 55.1 cm³/mol. The van der Waals surface area contributed by atoms with Crippen LogP contribution in [0.5, 0.6) is 0 Å². The maximum absolute atomic E-state index is 10.1. The number of aliphatic imine (C=N–C) groups is 1. The molecule has 1 unspecified atom stereocenters. The molecule has 1 aliphatic rings. The van der Waals surface area contributed by atoms with E-state index in [4.69, 9.17) is 0 Å². The molecule has 0 aliphatic carbocycles. The van der Waals surface area contributed by atoms with Crippen molar-refractivity contribution in [2.45, 2.75) is 32.2 Å². The number of allylic oxidation sites excluding steroid dienone is 3. The minimum absolute atomic E-state index is 0.278. The van der Waals surface area contributed by atoms with Gasteiger partial charge in [0.1, 0.15) is 6.29 Å². The van der Waals surface area contributed by atoms with Crippen molar-refractivity contribution in [3.05, 3.63) is 23.8 Å². The van der Waals surface area contributed by atoms with Crippen molar-refractivity contribution >= 4 is 12.5 Å². The third kappa shape index (κ3) is 3.83. The maximum atomic E-state index is 10.1. The molecule has 0 aromatic heterocycles. The highest BCUT2D eigenvalue weighted by atomic mass is 16.1. The Morgan fingerprint density at radius 2 is 2.46 bits per heavy atom. The van der Waals surface area contributed by atoms with Crippen molar-refractivity contribution in [3.63, 3.8) is 0 Å². The Kier molecular flexibility index (Phi) is 4.16. The molecule has 1 rings (SSSR count). The Morgan fingerprint density at radius 3 is 3.23 bits per heavy atom. The number of hydrogen-bond donors (Lipinski definition) is 0. The zero-order valence-corrected chi connectivity index (χ0v) is 7.94. The second-order valence-electron chi connectivity index (χ2n) is 3.20. The summed E-state index contributed by atoms with van der Waals surface area (Å²) in [6.07, 6.45) is 11.5. The molecule has 70 valence electrons. The third-order valence-corrected chi connectivity index (χ3v) is 1.96. The molecular weight excluding hydrogens is 162 g/mol. The summed E-state index contributed by atoms with van der Waals surface area (Å²) in [5, 5.41) is 0. The van der Waals surface area contributed by atoms with Crippen molar-refractivity contribution in [1.82, 2.24) is 0 Å². The summed E-state index contributed by atoms with van der Waals surface area (Å²) >= 11 is 0. The first-order valence-corrected chi connectivity index (χ1v) is 4.67. The first-order chi connectivity index (χ1) is 6.33. The lowest BCUT2D eigenvalue weighted by Crippen LogP contribution is -1.91. The van der Waals surface area contributed by atoms with E-state index in [0.717, 1.165) is 19.1 Å². The Balaban J connectivity index is 2.41. The zero-order chi connectivity index (χ0) is 9.52. The number of aldehydes is 1. The average molecular weight is 177 g/mol. The molecule has 1 atom stereocenters. The van der Waals surface area contributed by atoms with Gasteiger partial charge < -0.3 is 4.79 Å². The largest absolute Gasteiger partial charge is 0.303 e. The van der Waals surface area contributed by atoms with Crippen LogP contribution >= 0.6 is 0 Å². The highest BCUT2D eigenvalue weighted by Crippen LogP contribution is 2.08. The first kappa shape index (κ1) is 9.90. The van der Waals surface area contributed by atoms with Crippen LogP contribution in [0.3, 0.4) is 0 Å². The number of nitrogens with zero attached hydrogens (tertiary/aromatic N) is 1. The average Bonchev–Trinajstić information content (AvgIpc) is 2.32. The van der Waals surface area contributed by atoms with Crippen molar-refractivity contribution in [3.8, 4) is 0 Å². The van der Waals surface area contributed by atoms with Gasteiger partial charge in [-0.25, -0.2) is 0 Å². The van der Waals surface area contributed by atoms with Crippen molar-refractivity contribution < 1.29 is 4.79 Å². The molecule has 13 heavy (non-hydrogen) atoms. The van der Waals surface area contributed by atoms with Gasteiger partial charge in [-0.3, -0.25) is 4.99 Å². The van der Waals surface area contributed by atoms with E-state index in [1.165, 1.54) is 5.57 Å². The number of rotatable bonds is 4. The van der Waals surface area contributed by atoms with Gasteiger partial charge in [0.05, 0.1) is 6.04 Å². The smallest absolute Gasteiger partial charge is 0.120 e. The lowest BCUT2D eigenvalue weighted by molar-refractivity contribution is -0.107. The molecule has 0 bridgehead atoms. The van der Waals surface area contributed by atoms with E-state index in [1.807, 2.05) is 12.3 Å². The van der Waals surface area contributed by atoms with Crippen LogP contribution in [0.15, 0.2) is 28.8 Å². The summed E-state index contributed by atoms with van der Waals surface area (Å²) in [6, 6.07) is 0.278. The van der Waals surface area contributed by atoms with E-state index in [1.54, 1.807) is 0 Å². The van der Waals surface area contributed by atoms with Crippen molar-refractivity contribution in [2.75, 3.05) is 0 Å². The molecule has 1 aliphatic heterocycles. The summed E-state index contributed by atoms with van der Waals surface area (Å²) in [5.74, 6) is 0. The minimum Gasteiger partial charge on any atom is -0.303 e. The van der Waals surface area contributed by atoms with Crippen LogP contribution in [0.1, 0.15) is 26.2 Å². The van der Waals surface area contributed by atoms with Gasteiger partial charge in [0.15, 0.2) is 0 Å². The lowest BCUT2D eigenvalue weighted by Gasteiger charge is -1.97. The topological polar surface area (TPSA) is 29.4 Å². The van der Waals surface area contributed by atoms with Gasteiger partial charge in [-0.05, 0) is 25.3 Å². The molecule has 0 spiro atoms. The van der Waals surface area contributed by atoms with E-state index in [0.29, 0.717) is 6.42 Å². The van der Waals surface area contributed by atoms with Crippen LogP contribution in [0.4, 0.5) is 0 Å². The summed E-state index contributed by atoms with van der Waals surface area (Å²) in [4.78, 5) is 14.4. The van der Waals surface area contributed by atoms with E-state index < -0.39 is 0 Å². The molecule has 0 amide bonds. The van der Waals surface area contributed by atoms with E-state index >= 15 is 0 Å². The summed E-state index contributed by atoms with van der Waals surface area (Å²) in [7, 11) is 0. The molecule has 0 aromatic carbocycles. The van der Waals surface area contributed by atoms with Crippen LogP contribution in [-0.4, -0.2) is 18.5 Å². The maximum Gasteiger partial charge on any atom is 0.120 e. The second kappa shape index (κ2) is 5.46. The number of carbonyl (C=O) groups excluding carboxylic acids is 1. The first-order valence-electron chi connectivity index (χ1n) is 4.67. The Bertz CT molecular complexity index is 251. The van der Waals surface area contributed by atoms with Gasteiger partial charge >= 0.3 is 0 Å². The highest BCUT2D eigenvalue weighted by molar-refractivity contribution is 5.79. The highest BCUT2D eigenvalue weighted by Gasteiger charge is 1.98. The third-order valence-electron chi connectivity index (χ3n) is 1.96. The lowest BCUT2D eigenvalue weighted by atomic mass is 10.1. The zero-order valence-electron chi connectivity index (χ0n) is 7.94. The fourth-order valence-corrected chi connectivity index (χ4v) is 1.18. The van der Waals surface area contributed by atoms with Gasteiger partial charge in [0.25, 0.3) is 0 Å². The van der Waals surface area contributed by atoms with Gasteiger partial charge in [-0.2, -0.15) is 0 Å². The molecule has 1 heterocycles. The normalized spacial score (nSPS) is 21.0. The van der Waals surface area contributed by atoms with Crippen LogP contribution in [0.25, 0.3) is 0 Å².